The van der Waals surface area contributed by atoms with Crippen molar-refractivity contribution in [3.8, 4) is 5.75 Å². The number of halogens is 2. The van der Waals surface area contributed by atoms with Gasteiger partial charge in [0.05, 0.1) is 0 Å². The Bertz CT molecular complexity index is 465. The Hall–Kier alpha value is -1.71. The van der Waals surface area contributed by atoms with Crippen LogP contribution in [0.3, 0.4) is 0 Å². The summed E-state index contributed by atoms with van der Waals surface area (Å²) in [6.45, 7) is 0. The van der Waals surface area contributed by atoms with Crippen LogP contribution in [0.25, 0.3) is 10.8 Å². The van der Waals surface area contributed by atoms with Crippen LogP contribution in [0.4, 0.5) is 8.78 Å². The molecule has 0 atom stereocenters. The first kappa shape index (κ1) is 7.91. The van der Waals surface area contributed by atoms with Gasteiger partial charge in [-0.1, -0.05) is 0 Å². The smallest absolute Gasteiger partial charge is 0.255 e. The Kier molecular flexibility index (Phi) is 1.62. The molecular formula is C9H5F2NO. The van der Waals surface area contributed by atoms with Gasteiger partial charge in [-0.05, 0) is 18.2 Å². The Labute approximate surface area is 72.5 Å². The topological polar surface area (TPSA) is 33.1 Å². The maximum atomic E-state index is 12.7. The van der Waals surface area contributed by atoms with Crippen LogP contribution in [0.2, 0.25) is 0 Å². The first-order chi connectivity index (χ1) is 6.18. The van der Waals surface area contributed by atoms with Crippen LogP contribution >= 0.6 is 0 Å². The first-order valence-electron chi connectivity index (χ1n) is 3.61. The second kappa shape index (κ2) is 2.65. The Morgan fingerprint density at radius 2 is 2.00 bits per heavy atom. The SMILES string of the molecule is Oc1c(F)ncc2ccc(F)cc12. The van der Waals surface area contributed by atoms with Crippen LogP contribution in [0.15, 0.2) is 24.4 Å². The number of hydrogen-bond donors (Lipinski definition) is 1. The van der Waals surface area contributed by atoms with E-state index in [1.165, 1.54) is 18.3 Å². The fourth-order valence-electron chi connectivity index (χ4n) is 1.14. The zero-order valence-corrected chi connectivity index (χ0v) is 6.46. The maximum absolute atomic E-state index is 12.7. The fourth-order valence-corrected chi connectivity index (χ4v) is 1.14. The normalized spacial score (nSPS) is 10.6. The third kappa shape index (κ3) is 1.20. The molecule has 0 aliphatic carbocycles. The van der Waals surface area contributed by atoms with Crippen molar-refractivity contribution >= 4 is 10.8 Å². The number of rotatable bonds is 0. The standard InChI is InChI=1S/C9H5F2NO/c10-6-2-1-5-4-12-9(11)8(13)7(5)3-6/h1-4,13H. The van der Waals surface area contributed by atoms with Gasteiger partial charge in [0.2, 0.25) is 0 Å². The van der Waals surface area contributed by atoms with E-state index >= 15 is 0 Å². The van der Waals surface area contributed by atoms with Crippen molar-refractivity contribution < 1.29 is 13.9 Å². The average molecular weight is 181 g/mol. The van der Waals surface area contributed by atoms with Crippen molar-refractivity contribution in [1.29, 1.82) is 0 Å². The van der Waals surface area contributed by atoms with E-state index in [1.54, 1.807) is 0 Å². The molecule has 0 bridgehead atoms. The first-order valence-corrected chi connectivity index (χ1v) is 3.61. The zero-order chi connectivity index (χ0) is 9.42. The highest BCUT2D eigenvalue weighted by Crippen LogP contribution is 2.26. The zero-order valence-electron chi connectivity index (χ0n) is 6.46. The van der Waals surface area contributed by atoms with E-state index in [-0.39, 0.29) is 5.39 Å². The summed E-state index contributed by atoms with van der Waals surface area (Å²) < 4.78 is 25.4. The maximum Gasteiger partial charge on any atom is 0.255 e. The van der Waals surface area contributed by atoms with Gasteiger partial charge >= 0.3 is 0 Å². The Morgan fingerprint density at radius 3 is 2.77 bits per heavy atom. The molecule has 0 saturated carbocycles. The van der Waals surface area contributed by atoms with E-state index in [0.29, 0.717) is 5.39 Å². The lowest BCUT2D eigenvalue weighted by molar-refractivity contribution is 0.425. The molecular weight excluding hydrogens is 176 g/mol. The van der Waals surface area contributed by atoms with E-state index < -0.39 is 17.5 Å². The second-order valence-electron chi connectivity index (χ2n) is 2.63. The molecule has 1 N–H and O–H groups in total. The molecule has 1 aromatic carbocycles. The molecule has 13 heavy (non-hydrogen) atoms. The molecule has 0 aliphatic rings. The Morgan fingerprint density at radius 1 is 1.23 bits per heavy atom. The van der Waals surface area contributed by atoms with Crippen molar-refractivity contribution in [3.63, 3.8) is 0 Å². The monoisotopic (exact) mass is 181 g/mol. The third-order valence-electron chi connectivity index (χ3n) is 1.78. The largest absolute Gasteiger partial charge is 0.503 e. The van der Waals surface area contributed by atoms with Crippen LogP contribution in [-0.2, 0) is 0 Å². The highest BCUT2D eigenvalue weighted by molar-refractivity contribution is 5.87. The minimum absolute atomic E-state index is 0.132. The predicted octanol–water partition coefficient (Wildman–Crippen LogP) is 2.22. The predicted molar refractivity (Wildman–Crippen MR) is 43.3 cm³/mol. The molecule has 1 aromatic heterocycles. The molecule has 2 aromatic rings. The van der Waals surface area contributed by atoms with Crippen molar-refractivity contribution in [3.05, 3.63) is 36.2 Å². The molecule has 2 rings (SSSR count). The van der Waals surface area contributed by atoms with E-state index in [1.807, 2.05) is 0 Å². The molecule has 2 nitrogen and oxygen atoms in total. The van der Waals surface area contributed by atoms with Crippen molar-refractivity contribution in [2.24, 2.45) is 0 Å². The van der Waals surface area contributed by atoms with Crippen LogP contribution in [-0.4, -0.2) is 10.1 Å². The Balaban J connectivity index is 2.89. The van der Waals surface area contributed by atoms with Gasteiger partial charge in [0.1, 0.15) is 5.82 Å². The van der Waals surface area contributed by atoms with Crippen LogP contribution in [0, 0.1) is 11.8 Å². The summed E-state index contributed by atoms with van der Waals surface area (Å²) in [6.07, 6.45) is 1.24. The van der Waals surface area contributed by atoms with Crippen molar-refractivity contribution in [2.45, 2.75) is 0 Å². The van der Waals surface area contributed by atoms with Crippen LogP contribution in [0.5, 0.6) is 5.75 Å². The van der Waals surface area contributed by atoms with Gasteiger partial charge in [-0.3, -0.25) is 0 Å². The summed E-state index contributed by atoms with van der Waals surface area (Å²) in [5, 5.41) is 9.81. The highest BCUT2D eigenvalue weighted by atomic mass is 19.1. The van der Waals surface area contributed by atoms with E-state index in [2.05, 4.69) is 4.98 Å². The molecule has 0 radical (unpaired) electrons. The van der Waals surface area contributed by atoms with Gasteiger partial charge in [0.15, 0.2) is 5.75 Å². The fraction of sp³-hybridized carbons (Fsp3) is 0. The number of fused-ring (bicyclic) bond motifs is 1. The lowest BCUT2D eigenvalue weighted by atomic mass is 10.1. The summed E-state index contributed by atoms with van der Waals surface area (Å²) in [7, 11) is 0. The van der Waals surface area contributed by atoms with Gasteiger partial charge in [0, 0.05) is 17.0 Å². The summed E-state index contributed by atoms with van der Waals surface area (Å²) in [5.74, 6) is -2.12. The van der Waals surface area contributed by atoms with Crippen molar-refractivity contribution in [1.82, 2.24) is 4.98 Å². The molecule has 0 fully saturated rings. The molecule has 1 heterocycles. The quantitative estimate of drug-likeness (QED) is 0.632. The molecule has 66 valence electrons. The molecule has 0 amide bonds. The van der Waals surface area contributed by atoms with Gasteiger partial charge in [0.25, 0.3) is 5.95 Å². The summed E-state index contributed by atoms with van der Waals surface area (Å²) in [6, 6.07) is 3.72. The number of aromatic hydroxyl groups is 1. The molecule has 4 heteroatoms. The van der Waals surface area contributed by atoms with Gasteiger partial charge in [-0.15, -0.1) is 0 Å². The third-order valence-corrected chi connectivity index (χ3v) is 1.78. The van der Waals surface area contributed by atoms with Crippen LogP contribution in [0.1, 0.15) is 0 Å². The lowest BCUT2D eigenvalue weighted by Crippen LogP contribution is -1.85. The lowest BCUT2D eigenvalue weighted by Gasteiger charge is -2.00. The second-order valence-corrected chi connectivity index (χ2v) is 2.63. The van der Waals surface area contributed by atoms with Crippen LogP contribution < -0.4 is 0 Å². The number of pyridine rings is 1. The van der Waals surface area contributed by atoms with Crippen molar-refractivity contribution in [2.75, 3.05) is 0 Å². The number of hydrogen-bond acceptors (Lipinski definition) is 2. The minimum Gasteiger partial charge on any atom is -0.503 e. The molecule has 0 spiro atoms. The molecule has 0 saturated heterocycles. The summed E-state index contributed by atoms with van der Waals surface area (Å²) in [5.41, 5.74) is 0. The van der Waals surface area contributed by atoms with Gasteiger partial charge in [-0.25, -0.2) is 9.37 Å². The molecule has 0 aliphatic heterocycles. The number of benzene rings is 1. The van der Waals surface area contributed by atoms with E-state index in [4.69, 9.17) is 0 Å². The highest BCUT2D eigenvalue weighted by Gasteiger charge is 2.07. The summed E-state index contributed by atoms with van der Waals surface area (Å²) in [4.78, 5) is 3.30. The van der Waals surface area contributed by atoms with Gasteiger partial charge in [-0.2, -0.15) is 4.39 Å². The van der Waals surface area contributed by atoms with Gasteiger partial charge < -0.3 is 5.11 Å². The average Bonchev–Trinajstić information content (AvgIpc) is 2.12. The van der Waals surface area contributed by atoms with E-state index in [9.17, 15) is 13.9 Å². The molecule has 0 unspecified atom stereocenters. The number of aromatic nitrogens is 1. The summed E-state index contributed by atoms with van der Waals surface area (Å²) >= 11 is 0. The van der Waals surface area contributed by atoms with E-state index in [0.717, 1.165) is 6.07 Å². The minimum atomic E-state index is -0.988. The number of nitrogens with zero attached hydrogens (tertiary/aromatic N) is 1.